The van der Waals surface area contributed by atoms with E-state index in [0.29, 0.717) is 11.5 Å². The van der Waals surface area contributed by atoms with Crippen LogP contribution < -0.4 is 4.90 Å². The highest BCUT2D eigenvalue weighted by Gasteiger charge is 2.35. The lowest BCUT2D eigenvalue weighted by Gasteiger charge is -2.47. The molecular formula is C24H30N2O2. The molecule has 0 spiro atoms. The number of carbonyl (C=O) groups is 1. The Morgan fingerprint density at radius 2 is 2.07 bits per heavy atom. The lowest BCUT2D eigenvalue weighted by Crippen LogP contribution is -2.48. The minimum Gasteiger partial charge on any atom is -0.465 e. The molecule has 0 saturated carbocycles. The Morgan fingerprint density at radius 3 is 2.75 bits per heavy atom. The molecular weight excluding hydrogens is 348 g/mol. The predicted octanol–water partition coefficient (Wildman–Crippen LogP) is 5.64. The Bertz CT molecular complexity index is 915. The second-order valence-corrected chi connectivity index (χ2v) is 8.18. The van der Waals surface area contributed by atoms with Gasteiger partial charge in [0.1, 0.15) is 0 Å². The van der Waals surface area contributed by atoms with Crippen LogP contribution in [-0.2, 0) is 4.74 Å². The maximum absolute atomic E-state index is 11.9. The quantitative estimate of drug-likeness (QED) is 0.510. The van der Waals surface area contributed by atoms with E-state index >= 15 is 0 Å². The van der Waals surface area contributed by atoms with E-state index < -0.39 is 0 Å². The monoisotopic (exact) mass is 378 g/mol. The van der Waals surface area contributed by atoms with Crippen molar-refractivity contribution >= 4 is 23.6 Å². The van der Waals surface area contributed by atoms with Crippen LogP contribution in [-0.4, -0.2) is 31.4 Å². The number of nitrogens with zero attached hydrogens (tertiary/aromatic N) is 2. The molecule has 0 N–H and O–H groups in total. The first-order valence-electron chi connectivity index (χ1n) is 9.92. The van der Waals surface area contributed by atoms with E-state index in [4.69, 9.17) is 4.74 Å². The molecule has 0 amide bonds. The van der Waals surface area contributed by atoms with Gasteiger partial charge in [-0.1, -0.05) is 19.1 Å². The van der Waals surface area contributed by atoms with Crippen molar-refractivity contribution in [2.24, 2.45) is 4.99 Å². The van der Waals surface area contributed by atoms with Gasteiger partial charge in [0.15, 0.2) is 0 Å². The molecule has 148 valence electrons. The van der Waals surface area contributed by atoms with Gasteiger partial charge in [-0.25, -0.2) is 4.79 Å². The summed E-state index contributed by atoms with van der Waals surface area (Å²) in [5.74, 6) is 0.171. The topological polar surface area (TPSA) is 41.9 Å². The van der Waals surface area contributed by atoms with Crippen LogP contribution >= 0.6 is 0 Å². The minimum atomic E-state index is -0.334. The number of anilines is 1. The largest absolute Gasteiger partial charge is 0.465 e. The molecule has 1 aliphatic rings. The number of aliphatic imine (C=N–C) groups is 1. The number of benzene rings is 2. The molecule has 0 radical (unpaired) electrons. The maximum Gasteiger partial charge on any atom is 0.338 e. The van der Waals surface area contributed by atoms with Crippen molar-refractivity contribution < 1.29 is 9.53 Å². The molecule has 0 saturated heterocycles. The van der Waals surface area contributed by atoms with Crippen molar-refractivity contribution in [1.29, 1.82) is 0 Å². The standard InChI is InChI=1S/C24H30N2O2/c1-7-26-22-12-11-18(13-20(22)16(2)14-24(26,4)5)15-25-21-10-8-9-19(17(21)3)23(27)28-6/h8-13,15-16H,7,14H2,1-6H3. The average molecular weight is 379 g/mol. The Kier molecular flexibility index (Phi) is 5.59. The maximum atomic E-state index is 11.9. The normalized spacial score (nSPS) is 18.2. The van der Waals surface area contributed by atoms with E-state index in [-0.39, 0.29) is 11.5 Å². The fraction of sp³-hybridized carbons (Fsp3) is 0.417. The van der Waals surface area contributed by atoms with Gasteiger partial charge in [0.2, 0.25) is 0 Å². The molecule has 1 heterocycles. The summed E-state index contributed by atoms with van der Waals surface area (Å²) >= 11 is 0. The van der Waals surface area contributed by atoms with Crippen LogP contribution in [0.2, 0.25) is 0 Å². The number of hydrogen-bond donors (Lipinski definition) is 0. The summed E-state index contributed by atoms with van der Waals surface area (Å²) in [7, 11) is 1.40. The van der Waals surface area contributed by atoms with Crippen LogP contribution in [0.5, 0.6) is 0 Å². The third-order valence-corrected chi connectivity index (χ3v) is 5.79. The van der Waals surface area contributed by atoms with E-state index in [1.165, 1.54) is 18.4 Å². The van der Waals surface area contributed by atoms with Crippen LogP contribution in [0.25, 0.3) is 0 Å². The SMILES string of the molecule is CCN1c2ccc(C=Nc3cccc(C(=O)OC)c3C)cc2C(C)CC1(C)C. The van der Waals surface area contributed by atoms with Gasteiger partial charge in [0.05, 0.1) is 18.4 Å². The van der Waals surface area contributed by atoms with Crippen molar-refractivity contribution in [3.63, 3.8) is 0 Å². The summed E-state index contributed by atoms with van der Waals surface area (Å²) in [6.07, 6.45) is 3.02. The summed E-state index contributed by atoms with van der Waals surface area (Å²) in [6, 6.07) is 12.1. The molecule has 2 aromatic carbocycles. The van der Waals surface area contributed by atoms with Crippen LogP contribution in [0.15, 0.2) is 41.4 Å². The number of hydrogen-bond acceptors (Lipinski definition) is 4. The molecule has 3 rings (SSSR count). The summed E-state index contributed by atoms with van der Waals surface area (Å²) in [4.78, 5) is 19.0. The first kappa shape index (κ1) is 20.1. The highest BCUT2D eigenvalue weighted by Crippen LogP contribution is 2.43. The summed E-state index contributed by atoms with van der Waals surface area (Å²) in [6.45, 7) is 12.1. The number of esters is 1. The first-order chi connectivity index (χ1) is 13.3. The Labute approximate surface area is 168 Å². The highest BCUT2D eigenvalue weighted by atomic mass is 16.5. The molecule has 0 aliphatic carbocycles. The molecule has 0 aromatic heterocycles. The van der Waals surface area contributed by atoms with E-state index in [2.05, 4.69) is 55.8 Å². The van der Waals surface area contributed by atoms with Crippen molar-refractivity contribution in [2.45, 2.75) is 52.5 Å². The molecule has 2 aromatic rings. The third kappa shape index (κ3) is 3.68. The van der Waals surface area contributed by atoms with E-state index in [1.807, 2.05) is 25.3 Å². The van der Waals surface area contributed by atoms with Gasteiger partial charge in [-0.15, -0.1) is 0 Å². The van der Waals surface area contributed by atoms with Gasteiger partial charge in [0, 0.05) is 24.0 Å². The van der Waals surface area contributed by atoms with Crippen molar-refractivity contribution in [3.8, 4) is 0 Å². The van der Waals surface area contributed by atoms with E-state index in [9.17, 15) is 4.79 Å². The smallest absolute Gasteiger partial charge is 0.338 e. The minimum absolute atomic E-state index is 0.169. The molecule has 0 bridgehead atoms. The Balaban J connectivity index is 1.93. The van der Waals surface area contributed by atoms with Crippen molar-refractivity contribution in [3.05, 3.63) is 58.7 Å². The van der Waals surface area contributed by atoms with Gasteiger partial charge in [-0.3, -0.25) is 4.99 Å². The van der Waals surface area contributed by atoms with Gasteiger partial charge in [-0.2, -0.15) is 0 Å². The highest BCUT2D eigenvalue weighted by molar-refractivity contribution is 5.93. The van der Waals surface area contributed by atoms with Gasteiger partial charge in [-0.05, 0) is 81.0 Å². The Hall–Kier alpha value is -2.62. The number of rotatable bonds is 4. The lowest BCUT2D eigenvalue weighted by molar-refractivity contribution is 0.0600. The molecule has 28 heavy (non-hydrogen) atoms. The molecule has 0 fully saturated rings. The molecule has 1 unspecified atom stereocenters. The second kappa shape index (κ2) is 7.78. The zero-order chi connectivity index (χ0) is 20.5. The molecule has 4 heteroatoms. The second-order valence-electron chi connectivity index (χ2n) is 8.18. The van der Waals surface area contributed by atoms with E-state index in [1.54, 1.807) is 6.07 Å². The summed E-state index contributed by atoms with van der Waals surface area (Å²) in [5.41, 5.74) is 6.11. The zero-order valence-corrected chi connectivity index (χ0v) is 17.7. The molecule has 1 atom stereocenters. The zero-order valence-electron chi connectivity index (χ0n) is 17.7. The lowest BCUT2D eigenvalue weighted by atomic mass is 9.79. The summed E-state index contributed by atoms with van der Waals surface area (Å²) < 4.78 is 4.85. The fourth-order valence-corrected chi connectivity index (χ4v) is 4.43. The van der Waals surface area contributed by atoms with Crippen LogP contribution in [0, 0.1) is 6.92 Å². The average Bonchev–Trinajstić information content (AvgIpc) is 2.66. The van der Waals surface area contributed by atoms with Crippen LogP contribution in [0.3, 0.4) is 0 Å². The van der Waals surface area contributed by atoms with Crippen molar-refractivity contribution in [1.82, 2.24) is 0 Å². The first-order valence-corrected chi connectivity index (χ1v) is 9.92. The van der Waals surface area contributed by atoms with Gasteiger partial charge < -0.3 is 9.64 Å². The molecule has 4 nitrogen and oxygen atoms in total. The number of ether oxygens (including phenoxy) is 1. The van der Waals surface area contributed by atoms with Crippen LogP contribution in [0.1, 0.15) is 67.1 Å². The van der Waals surface area contributed by atoms with Gasteiger partial charge in [0.25, 0.3) is 0 Å². The number of fused-ring (bicyclic) bond motifs is 1. The Morgan fingerprint density at radius 1 is 1.32 bits per heavy atom. The third-order valence-electron chi connectivity index (χ3n) is 5.79. The van der Waals surface area contributed by atoms with Crippen LogP contribution in [0.4, 0.5) is 11.4 Å². The number of methoxy groups -OCH3 is 1. The predicted molar refractivity (Wildman–Crippen MR) is 116 cm³/mol. The van der Waals surface area contributed by atoms with E-state index in [0.717, 1.165) is 29.8 Å². The molecule has 1 aliphatic heterocycles. The van der Waals surface area contributed by atoms with Gasteiger partial charge >= 0.3 is 5.97 Å². The number of carbonyl (C=O) groups excluding carboxylic acids is 1. The fourth-order valence-electron chi connectivity index (χ4n) is 4.43. The summed E-state index contributed by atoms with van der Waals surface area (Å²) in [5, 5.41) is 0. The van der Waals surface area contributed by atoms with Crippen molar-refractivity contribution in [2.75, 3.05) is 18.6 Å².